The van der Waals surface area contributed by atoms with Crippen molar-refractivity contribution in [2.45, 2.75) is 24.8 Å². The van der Waals surface area contributed by atoms with Gasteiger partial charge in [0, 0.05) is 6.54 Å². The average molecular weight is 393 g/mol. The number of para-hydroxylation sites is 1. The Bertz CT molecular complexity index is 930. The molecule has 1 atom stereocenters. The summed E-state index contributed by atoms with van der Waals surface area (Å²) in [5.74, 6) is -1.52. The van der Waals surface area contributed by atoms with Gasteiger partial charge in [0.25, 0.3) is 15.9 Å². The summed E-state index contributed by atoms with van der Waals surface area (Å²) < 4.78 is 40.3. The van der Waals surface area contributed by atoms with E-state index in [0.29, 0.717) is 6.54 Å². The Labute approximate surface area is 157 Å². The number of rotatable bonds is 7. The second-order valence-corrected chi connectivity index (χ2v) is 7.38. The molecular weight excluding hydrogens is 373 g/mol. The van der Waals surface area contributed by atoms with Crippen LogP contribution in [0.4, 0.5) is 10.1 Å². The first-order chi connectivity index (χ1) is 12.7. The van der Waals surface area contributed by atoms with Crippen LogP contribution in [0.25, 0.3) is 0 Å². The molecule has 0 bridgehead atoms. The van der Waals surface area contributed by atoms with E-state index in [-0.39, 0.29) is 22.1 Å². The van der Waals surface area contributed by atoms with E-state index in [2.05, 4.69) is 15.4 Å². The molecule has 9 heteroatoms. The van der Waals surface area contributed by atoms with E-state index in [9.17, 15) is 22.4 Å². The van der Waals surface area contributed by atoms with Gasteiger partial charge in [-0.3, -0.25) is 14.3 Å². The Morgan fingerprint density at radius 1 is 1.07 bits per heavy atom. The third kappa shape index (κ3) is 5.27. The van der Waals surface area contributed by atoms with Crippen molar-refractivity contribution in [2.24, 2.45) is 0 Å². The van der Waals surface area contributed by atoms with E-state index in [1.807, 2.05) is 0 Å². The van der Waals surface area contributed by atoms with Gasteiger partial charge in [-0.05, 0) is 50.2 Å². The second kappa shape index (κ2) is 8.63. The maximum Gasteiger partial charge on any atom is 0.261 e. The lowest BCUT2D eigenvalue weighted by molar-refractivity contribution is -0.122. The Kier molecular flexibility index (Phi) is 6.51. The predicted octanol–water partition coefficient (Wildman–Crippen LogP) is 1.88. The number of halogens is 1. The van der Waals surface area contributed by atoms with Gasteiger partial charge in [-0.25, -0.2) is 12.8 Å². The summed E-state index contributed by atoms with van der Waals surface area (Å²) in [4.78, 5) is 24.1. The third-order valence-electron chi connectivity index (χ3n) is 3.63. The molecular formula is C18H20FN3O4S. The molecule has 7 nitrogen and oxygen atoms in total. The maximum atomic E-state index is 13.0. The molecule has 2 rings (SSSR count). The van der Waals surface area contributed by atoms with Gasteiger partial charge in [-0.1, -0.05) is 12.1 Å². The molecule has 0 fully saturated rings. The maximum absolute atomic E-state index is 13.0. The summed E-state index contributed by atoms with van der Waals surface area (Å²) >= 11 is 0. The molecule has 27 heavy (non-hydrogen) atoms. The highest BCUT2D eigenvalue weighted by molar-refractivity contribution is 7.92. The Balaban J connectivity index is 2.23. The molecule has 2 amide bonds. The Morgan fingerprint density at radius 2 is 1.70 bits per heavy atom. The number of sulfonamides is 1. The molecule has 0 saturated heterocycles. The lowest BCUT2D eigenvalue weighted by Crippen LogP contribution is -2.44. The average Bonchev–Trinajstić information content (AvgIpc) is 2.62. The van der Waals surface area contributed by atoms with Crippen LogP contribution in [0.2, 0.25) is 0 Å². The predicted molar refractivity (Wildman–Crippen MR) is 99.3 cm³/mol. The normalized spacial score (nSPS) is 12.1. The second-order valence-electron chi connectivity index (χ2n) is 5.69. The van der Waals surface area contributed by atoms with E-state index in [1.165, 1.54) is 19.1 Å². The van der Waals surface area contributed by atoms with Crippen LogP contribution in [-0.4, -0.2) is 32.8 Å². The van der Waals surface area contributed by atoms with Crippen molar-refractivity contribution in [2.75, 3.05) is 11.3 Å². The minimum absolute atomic E-state index is 0.0439. The van der Waals surface area contributed by atoms with Crippen molar-refractivity contribution >= 4 is 27.5 Å². The number of hydrogen-bond acceptors (Lipinski definition) is 4. The highest BCUT2D eigenvalue weighted by atomic mass is 32.2. The molecule has 2 aromatic rings. The van der Waals surface area contributed by atoms with Crippen LogP contribution in [0.1, 0.15) is 24.2 Å². The summed E-state index contributed by atoms with van der Waals surface area (Å²) in [6.45, 7) is 3.70. The fourth-order valence-corrected chi connectivity index (χ4v) is 3.33. The summed E-state index contributed by atoms with van der Waals surface area (Å²) in [6.07, 6.45) is 0. The number of amides is 2. The fraction of sp³-hybridized carbons (Fsp3) is 0.222. The molecule has 0 aromatic heterocycles. The van der Waals surface area contributed by atoms with Gasteiger partial charge in [0.1, 0.15) is 11.9 Å². The molecule has 0 spiro atoms. The van der Waals surface area contributed by atoms with Crippen LogP contribution in [0.5, 0.6) is 0 Å². The van der Waals surface area contributed by atoms with Crippen LogP contribution in [0.15, 0.2) is 53.4 Å². The topological polar surface area (TPSA) is 104 Å². The quantitative estimate of drug-likeness (QED) is 0.668. The van der Waals surface area contributed by atoms with Gasteiger partial charge in [-0.2, -0.15) is 0 Å². The molecule has 0 aliphatic carbocycles. The first kappa shape index (κ1) is 20.4. The smallest absolute Gasteiger partial charge is 0.261 e. The molecule has 144 valence electrons. The number of nitrogens with one attached hydrogen (secondary N) is 3. The molecule has 0 aliphatic rings. The standard InChI is InChI=1S/C18H20FN3O4S/c1-3-20-17(23)12(2)21-18(24)15-6-4-5-7-16(15)22-27(25,26)14-10-8-13(19)9-11-14/h4-12,22H,3H2,1-2H3,(H,20,23)(H,21,24). The fourth-order valence-electron chi connectivity index (χ4n) is 2.25. The Morgan fingerprint density at radius 3 is 2.33 bits per heavy atom. The minimum atomic E-state index is -4.02. The number of carbonyl (C=O) groups excluding carboxylic acids is 2. The zero-order valence-electron chi connectivity index (χ0n) is 14.8. The summed E-state index contributed by atoms with van der Waals surface area (Å²) in [5, 5.41) is 5.10. The van der Waals surface area contributed by atoms with E-state index < -0.39 is 27.8 Å². The lowest BCUT2D eigenvalue weighted by atomic mass is 10.1. The molecule has 0 saturated carbocycles. The first-order valence-corrected chi connectivity index (χ1v) is 9.69. The number of hydrogen-bond donors (Lipinski definition) is 3. The number of anilines is 1. The van der Waals surface area contributed by atoms with Gasteiger partial charge in [-0.15, -0.1) is 0 Å². The molecule has 1 unspecified atom stereocenters. The van der Waals surface area contributed by atoms with Crippen LogP contribution in [-0.2, 0) is 14.8 Å². The van der Waals surface area contributed by atoms with Crippen LogP contribution in [0.3, 0.4) is 0 Å². The molecule has 3 N–H and O–H groups in total. The lowest BCUT2D eigenvalue weighted by Gasteiger charge is -2.16. The van der Waals surface area contributed by atoms with Crippen molar-refractivity contribution in [3.05, 3.63) is 59.9 Å². The van der Waals surface area contributed by atoms with Crippen LogP contribution in [0, 0.1) is 5.82 Å². The SMILES string of the molecule is CCNC(=O)C(C)NC(=O)c1ccccc1NS(=O)(=O)c1ccc(F)cc1. The summed E-state index contributed by atoms with van der Waals surface area (Å²) in [6, 6.07) is 9.50. The monoisotopic (exact) mass is 393 g/mol. The van der Waals surface area contributed by atoms with Crippen molar-refractivity contribution in [1.29, 1.82) is 0 Å². The van der Waals surface area contributed by atoms with E-state index in [4.69, 9.17) is 0 Å². The van der Waals surface area contributed by atoms with Gasteiger partial charge in [0.05, 0.1) is 16.1 Å². The van der Waals surface area contributed by atoms with Gasteiger partial charge < -0.3 is 10.6 Å². The van der Waals surface area contributed by atoms with E-state index in [0.717, 1.165) is 24.3 Å². The van der Waals surface area contributed by atoms with Crippen molar-refractivity contribution < 1.29 is 22.4 Å². The first-order valence-electron chi connectivity index (χ1n) is 8.20. The highest BCUT2D eigenvalue weighted by Gasteiger charge is 2.21. The highest BCUT2D eigenvalue weighted by Crippen LogP contribution is 2.20. The molecule has 0 heterocycles. The van der Waals surface area contributed by atoms with Gasteiger partial charge in [0.2, 0.25) is 5.91 Å². The van der Waals surface area contributed by atoms with Gasteiger partial charge >= 0.3 is 0 Å². The van der Waals surface area contributed by atoms with Crippen molar-refractivity contribution in [3.8, 4) is 0 Å². The Hall–Kier alpha value is -2.94. The summed E-state index contributed by atoms with van der Waals surface area (Å²) in [5.41, 5.74) is 0.0989. The summed E-state index contributed by atoms with van der Waals surface area (Å²) in [7, 11) is -4.02. The zero-order valence-corrected chi connectivity index (χ0v) is 15.6. The van der Waals surface area contributed by atoms with Crippen molar-refractivity contribution in [3.63, 3.8) is 0 Å². The zero-order chi connectivity index (χ0) is 20.0. The third-order valence-corrected chi connectivity index (χ3v) is 5.01. The van der Waals surface area contributed by atoms with E-state index >= 15 is 0 Å². The molecule has 0 radical (unpaired) electrons. The number of likely N-dealkylation sites (N-methyl/N-ethyl adjacent to an activating group) is 1. The largest absolute Gasteiger partial charge is 0.355 e. The van der Waals surface area contributed by atoms with E-state index in [1.54, 1.807) is 19.1 Å². The number of benzene rings is 2. The minimum Gasteiger partial charge on any atom is -0.355 e. The van der Waals surface area contributed by atoms with Crippen molar-refractivity contribution in [1.82, 2.24) is 10.6 Å². The number of carbonyl (C=O) groups is 2. The molecule has 0 aliphatic heterocycles. The van der Waals surface area contributed by atoms with Crippen LogP contribution < -0.4 is 15.4 Å². The molecule has 2 aromatic carbocycles. The van der Waals surface area contributed by atoms with Gasteiger partial charge in [0.15, 0.2) is 0 Å². The van der Waals surface area contributed by atoms with Crippen LogP contribution >= 0.6 is 0 Å².